The van der Waals surface area contributed by atoms with E-state index in [2.05, 4.69) is 0 Å². The van der Waals surface area contributed by atoms with Crippen molar-refractivity contribution in [3.05, 3.63) is 0 Å². The molecule has 0 amide bonds. The molecule has 0 atom stereocenters. The zero-order valence-corrected chi connectivity index (χ0v) is 26.6. The Bertz CT molecular complexity index is 408. The van der Waals surface area contributed by atoms with Gasteiger partial charge >= 0.3 is 274 Å². The van der Waals surface area contributed by atoms with E-state index < -0.39 is 10.7 Å². The summed E-state index contributed by atoms with van der Waals surface area (Å²) in [6, 6.07) is 0. The number of nitrogens with zero attached hydrogens (tertiary/aromatic N) is 6. The quantitative estimate of drug-likeness (QED) is 0.307. The summed E-state index contributed by atoms with van der Waals surface area (Å²) in [5, 5.41) is 51.5. The standard InChI is InChI=1S/6CN.Cs.Fe.K.Mg.Rb/c6*1-2;;;;;/q;;;;;;+1;-4;+1;+2;+1. The fourth-order valence-corrected chi connectivity index (χ4v) is 1.09. The second-order valence-corrected chi connectivity index (χ2v) is 7.42. The molecule has 6 nitrogen and oxygen atoms in total. The normalized spacial score (nSPS) is 10.2. The van der Waals surface area contributed by atoms with Crippen LogP contribution in [0.4, 0.5) is 0 Å². The molecule has 17 heavy (non-hydrogen) atoms. The van der Waals surface area contributed by atoms with Crippen LogP contribution in [0.5, 0.6) is 0 Å². The molecule has 0 spiro atoms. The van der Waals surface area contributed by atoms with Crippen LogP contribution in [0.3, 0.4) is 0 Å². The van der Waals surface area contributed by atoms with Gasteiger partial charge in [-0.1, -0.05) is 0 Å². The molecule has 0 heterocycles. The zero-order valence-electron chi connectivity index (χ0n) is 9.74. The predicted octanol–water partition coefficient (Wildman–Crippen LogP) is -9.27. The molecule has 0 rings (SSSR count). The average Bonchev–Trinajstić information content (AvgIpc) is 2.26. The Morgan fingerprint density at radius 3 is 0.706 bits per heavy atom. The van der Waals surface area contributed by atoms with Crippen molar-refractivity contribution in [1.29, 1.82) is 31.6 Å². The first-order valence-corrected chi connectivity index (χ1v) is 5.71. The maximum absolute atomic E-state index is 8.58. The first kappa shape index (κ1) is 32.6. The first-order chi connectivity index (χ1) is 5.97. The van der Waals surface area contributed by atoms with Gasteiger partial charge in [0.05, 0.1) is 0 Å². The van der Waals surface area contributed by atoms with Crippen LogP contribution in [0.25, 0.3) is 0 Å². The van der Waals surface area contributed by atoms with E-state index in [1.165, 1.54) is 0 Å². The van der Waals surface area contributed by atoms with E-state index >= 15 is 0 Å². The van der Waals surface area contributed by atoms with Gasteiger partial charge in [0.15, 0.2) is 0 Å². The van der Waals surface area contributed by atoms with Gasteiger partial charge in [0.1, 0.15) is 0 Å². The van der Waals surface area contributed by atoms with Crippen molar-refractivity contribution in [3.8, 4) is 29.8 Å². The Morgan fingerprint density at radius 2 is 0.706 bits per heavy atom. The Morgan fingerprint density at radius 1 is 0.588 bits per heavy atom. The minimum Gasteiger partial charge on any atom is 1.00 e. The molecule has 0 aliphatic rings. The molecule has 0 bridgehead atoms. The molecule has 0 aromatic heterocycles. The Balaban J connectivity index is -0.000000120. The predicted molar refractivity (Wildman–Crippen MR) is 39.4 cm³/mol. The zero-order chi connectivity index (χ0) is 10.7. The second kappa shape index (κ2) is 11.3. The molecule has 11 heteroatoms. The van der Waals surface area contributed by atoms with Gasteiger partial charge in [0, 0.05) is 0 Å². The topological polar surface area (TPSA) is 143 Å². The second-order valence-electron chi connectivity index (χ2n) is 1.80. The maximum atomic E-state index is 8.58. The number of hydrogen-bond acceptors (Lipinski definition) is 6. The smallest absolute Gasteiger partial charge is 1.00 e. The van der Waals surface area contributed by atoms with Crippen LogP contribution in [0, 0.1) is 61.4 Å². The summed E-state index contributed by atoms with van der Waals surface area (Å²) in [7, 11) is -6.17. The van der Waals surface area contributed by atoms with Gasteiger partial charge in [-0.3, -0.25) is 0 Å². The number of rotatable bonds is 0. The van der Waals surface area contributed by atoms with Crippen LogP contribution in [-0.4, -0.2) is 23.1 Å². The van der Waals surface area contributed by atoms with Gasteiger partial charge in [-0.05, 0) is 0 Å². The van der Waals surface area contributed by atoms with Crippen LogP contribution in [0.15, 0.2) is 0 Å². The number of hydrogen-bond donors (Lipinski definition) is 0. The molecule has 0 radical (unpaired) electrons. The molecule has 0 unspecified atom stereocenters. The summed E-state index contributed by atoms with van der Waals surface area (Å²) >= 11 is 0. The largest absolute Gasteiger partial charge is 2.00 e. The molecular formula is C6CsFeKMgN6Rb+. The molecule has 0 saturated carbocycles. The van der Waals surface area contributed by atoms with Gasteiger partial charge in [-0.2, -0.15) is 0 Å². The van der Waals surface area contributed by atoms with Gasteiger partial charge in [-0.25, -0.2) is 0 Å². The van der Waals surface area contributed by atoms with Gasteiger partial charge in [0.2, 0.25) is 0 Å². The van der Waals surface area contributed by atoms with E-state index in [1.54, 1.807) is 0 Å². The van der Waals surface area contributed by atoms with Crippen molar-refractivity contribution in [1.82, 2.24) is 0 Å². The molecule has 0 aliphatic carbocycles. The van der Waals surface area contributed by atoms with E-state index in [4.69, 9.17) is 31.6 Å². The molecule has 0 N–H and O–H groups in total. The molecule has 0 aliphatic heterocycles. The van der Waals surface area contributed by atoms with Crippen molar-refractivity contribution in [2.45, 2.75) is 0 Å². The third-order valence-corrected chi connectivity index (χ3v) is 4.89. The summed E-state index contributed by atoms with van der Waals surface area (Å²) in [5.41, 5.74) is 0. The first-order valence-electron chi connectivity index (χ1n) is 2.40. The van der Waals surface area contributed by atoms with Crippen LogP contribution >= 0.6 is 0 Å². The molecule has 0 saturated heterocycles. The SMILES string of the molecule is N#[C][Fe-4]([C]#N)([C]#N)([C]#N)([C]#N)[C]#N.[Cs+].[K+].[Mg+2].[Rb+]. The van der Waals surface area contributed by atoms with E-state index in [9.17, 15) is 0 Å². The summed E-state index contributed by atoms with van der Waals surface area (Å²) in [6.45, 7) is 0. The van der Waals surface area contributed by atoms with Crippen molar-refractivity contribution in [3.63, 3.8) is 0 Å². The van der Waals surface area contributed by atoms with Crippen LogP contribution in [0.2, 0.25) is 0 Å². The number of nitriles is 6. The van der Waals surface area contributed by atoms with Gasteiger partial charge in [0.25, 0.3) is 0 Å². The van der Waals surface area contributed by atoms with E-state index in [-0.39, 0.29) is 202 Å². The van der Waals surface area contributed by atoms with E-state index in [1.807, 2.05) is 0 Å². The van der Waals surface area contributed by atoms with Crippen molar-refractivity contribution < 1.29 is 189 Å². The minimum absolute atomic E-state index is 0. The fraction of sp³-hybridized carbons (Fsp3) is 0. The Kier molecular flexibility index (Phi) is 21.7. The average molecular weight is 494 g/mol. The minimum atomic E-state index is -6.17. The van der Waals surface area contributed by atoms with Crippen molar-refractivity contribution in [2.75, 3.05) is 0 Å². The molecule has 0 aromatic rings. The monoisotopic (exact) mass is 493 g/mol. The summed E-state index contributed by atoms with van der Waals surface area (Å²) in [6.07, 6.45) is 0. The molecule has 0 aromatic carbocycles. The van der Waals surface area contributed by atoms with E-state index in [0.717, 1.165) is 29.8 Å². The molecular weight excluding hydrogens is 494 g/mol. The third kappa shape index (κ3) is 5.45. The Labute approximate surface area is 264 Å². The Hall–Kier alpha value is 3.72. The fourth-order valence-electron chi connectivity index (χ4n) is 0.265. The third-order valence-electron chi connectivity index (χ3n) is 1.19. The summed E-state index contributed by atoms with van der Waals surface area (Å²) in [5.74, 6) is 0. The van der Waals surface area contributed by atoms with Crippen molar-refractivity contribution in [2.24, 2.45) is 0 Å². The van der Waals surface area contributed by atoms with Crippen LogP contribution < -0.4 is 178 Å². The van der Waals surface area contributed by atoms with Crippen LogP contribution in [-0.2, 0) is 10.7 Å². The van der Waals surface area contributed by atoms with Crippen molar-refractivity contribution >= 4 is 23.1 Å². The summed E-state index contributed by atoms with van der Waals surface area (Å²) in [4.78, 5) is 6.19. The molecule has 66 valence electrons. The maximum Gasteiger partial charge on any atom is 2.00 e. The van der Waals surface area contributed by atoms with Gasteiger partial charge < -0.3 is 0 Å². The molecule has 0 fully saturated rings. The van der Waals surface area contributed by atoms with Crippen LogP contribution in [0.1, 0.15) is 0 Å². The van der Waals surface area contributed by atoms with Gasteiger partial charge in [-0.15, -0.1) is 0 Å². The summed E-state index contributed by atoms with van der Waals surface area (Å²) < 4.78 is 0. The van der Waals surface area contributed by atoms with E-state index in [0.29, 0.717) is 0 Å².